The third-order valence-electron chi connectivity index (χ3n) is 1.45. The topological polar surface area (TPSA) is 17.1 Å². The average molecular weight is 220 g/mol. The highest BCUT2D eigenvalue weighted by molar-refractivity contribution is 8.13. The summed E-state index contributed by atoms with van der Waals surface area (Å²) < 4.78 is 37.1. The van der Waals surface area contributed by atoms with Crippen LogP contribution in [0, 0.1) is 0 Å². The number of carbonyl (C=O) groups is 1. The molecule has 0 aliphatic rings. The van der Waals surface area contributed by atoms with Gasteiger partial charge in [-0.25, -0.2) is 0 Å². The van der Waals surface area contributed by atoms with Gasteiger partial charge in [-0.1, -0.05) is 23.9 Å². The molecule has 0 saturated heterocycles. The van der Waals surface area contributed by atoms with Gasteiger partial charge in [0.05, 0.1) is 5.56 Å². The monoisotopic (exact) mass is 220 g/mol. The van der Waals surface area contributed by atoms with Gasteiger partial charge in [-0.05, 0) is 12.1 Å². The summed E-state index contributed by atoms with van der Waals surface area (Å²) in [6, 6.07) is 5.02. The van der Waals surface area contributed by atoms with E-state index < -0.39 is 11.7 Å². The van der Waals surface area contributed by atoms with Gasteiger partial charge in [-0.15, -0.1) is 0 Å². The standard InChI is InChI=1S/C9H7F3OS/c1-6(13)14-8-5-3-2-4-7(8)9(10,11)12/h2-5H,1H3. The Morgan fingerprint density at radius 3 is 2.36 bits per heavy atom. The molecule has 76 valence electrons. The molecule has 0 saturated carbocycles. The summed E-state index contributed by atoms with van der Waals surface area (Å²) in [6.45, 7) is 1.23. The Labute approximate surface area is 83.3 Å². The zero-order valence-electron chi connectivity index (χ0n) is 7.26. The van der Waals surface area contributed by atoms with Gasteiger partial charge < -0.3 is 0 Å². The highest BCUT2D eigenvalue weighted by Gasteiger charge is 2.33. The Hall–Kier alpha value is -0.970. The summed E-state index contributed by atoms with van der Waals surface area (Å²) in [4.78, 5) is 10.6. The number of carbonyl (C=O) groups excluding carboxylic acids is 1. The second-order valence-corrected chi connectivity index (χ2v) is 3.81. The van der Waals surface area contributed by atoms with Gasteiger partial charge in [-0.2, -0.15) is 13.2 Å². The Balaban J connectivity index is 3.10. The van der Waals surface area contributed by atoms with E-state index in [0.717, 1.165) is 6.07 Å². The Bertz CT molecular complexity index is 346. The number of halogens is 3. The van der Waals surface area contributed by atoms with Crippen molar-refractivity contribution >= 4 is 16.9 Å². The molecule has 0 aliphatic carbocycles. The van der Waals surface area contributed by atoms with E-state index in [-0.39, 0.29) is 10.0 Å². The van der Waals surface area contributed by atoms with Gasteiger partial charge in [0.25, 0.3) is 0 Å². The van der Waals surface area contributed by atoms with Crippen LogP contribution in [0.15, 0.2) is 29.2 Å². The van der Waals surface area contributed by atoms with Crippen LogP contribution in [0.4, 0.5) is 13.2 Å². The lowest BCUT2D eigenvalue weighted by Crippen LogP contribution is -2.06. The third-order valence-corrected chi connectivity index (χ3v) is 2.31. The van der Waals surface area contributed by atoms with Crippen molar-refractivity contribution in [1.82, 2.24) is 0 Å². The van der Waals surface area contributed by atoms with E-state index >= 15 is 0 Å². The minimum absolute atomic E-state index is 0.0486. The molecule has 1 aromatic rings. The summed E-state index contributed by atoms with van der Waals surface area (Å²) in [6.07, 6.45) is -4.40. The molecule has 0 heterocycles. The first kappa shape index (κ1) is 11.1. The van der Waals surface area contributed by atoms with Crippen LogP contribution >= 0.6 is 11.8 Å². The van der Waals surface area contributed by atoms with Crippen molar-refractivity contribution < 1.29 is 18.0 Å². The van der Waals surface area contributed by atoms with Crippen LogP contribution in [-0.2, 0) is 11.0 Å². The van der Waals surface area contributed by atoms with Gasteiger partial charge in [0, 0.05) is 11.8 Å². The molecule has 1 rings (SSSR count). The van der Waals surface area contributed by atoms with Gasteiger partial charge in [0.2, 0.25) is 0 Å². The van der Waals surface area contributed by atoms with Crippen molar-refractivity contribution in [3.05, 3.63) is 29.8 Å². The second kappa shape index (κ2) is 4.04. The number of thioether (sulfide) groups is 1. The number of hydrogen-bond donors (Lipinski definition) is 0. The van der Waals surface area contributed by atoms with E-state index in [0.29, 0.717) is 11.8 Å². The summed E-state index contributed by atoms with van der Waals surface area (Å²) in [5.74, 6) is 0. The molecule has 14 heavy (non-hydrogen) atoms. The fourth-order valence-corrected chi connectivity index (χ4v) is 1.69. The molecule has 0 fully saturated rings. The van der Waals surface area contributed by atoms with Crippen molar-refractivity contribution in [3.63, 3.8) is 0 Å². The molecule has 0 amide bonds. The SMILES string of the molecule is CC(=O)Sc1ccccc1C(F)(F)F. The van der Waals surface area contributed by atoms with Crippen molar-refractivity contribution in [2.45, 2.75) is 18.0 Å². The molecule has 5 heteroatoms. The van der Waals surface area contributed by atoms with Crippen LogP contribution in [0.2, 0.25) is 0 Å². The fraction of sp³-hybridized carbons (Fsp3) is 0.222. The minimum atomic E-state index is -4.40. The van der Waals surface area contributed by atoms with Crippen molar-refractivity contribution in [3.8, 4) is 0 Å². The van der Waals surface area contributed by atoms with E-state index in [9.17, 15) is 18.0 Å². The summed E-state index contributed by atoms with van der Waals surface area (Å²) >= 11 is 0.593. The van der Waals surface area contributed by atoms with Crippen LogP contribution < -0.4 is 0 Å². The summed E-state index contributed by atoms with van der Waals surface area (Å²) in [7, 11) is 0. The molecule has 1 nitrogen and oxygen atoms in total. The minimum Gasteiger partial charge on any atom is -0.287 e. The normalized spacial score (nSPS) is 11.4. The molecule has 0 radical (unpaired) electrons. The quantitative estimate of drug-likeness (QED) is 0.675. The van der Waals surface area contributed by atoms with Crippen molar-refractivity contribution in [1.29, 1.82) is 0 Å². The van der Waals surface area contributed by atoms with E-state index in [1.165, 1.54) is 25.1 Å². The molecule has 0 N–H and O–H groups in total. The largest absolute Gasteiger partial charge is 0.417 e. The van der Waals surface area contributed by atoms with E-state index in [1.54, 1.807) is 0 Å². The molecule has 0 aromatic heterocycles. The van der Waals surface area contributed by atoms with Crippen LogP contribution in [0.5, 0.6) is 0 Å². The summed E-state index contributed by atoms with van der Waals surface area (Å²) in [5.41, 5.74) is -0.764. The van der Waals surface area contributed by atoms with Gasteiger partial charge in [0.1, 0.15) is 0 Å². The van der Waals surface area contributed by atoms with Crippen LogP contribution in [0.1, 0.15) is 12.5 Å². The van der Waals surface area contributed by atoms with Crippen LogP contribution in [-0.4, -0.2) is 5.12 Å². The third kappa shape index (κ3) is 2.77. The lowest BCUT2D eigenvalue weighted by molar-refractivity contribution is -0.139. The molecular formula is C9H7F3OS. The predicted molar refractivity (Wildman–Crippen MR) is 48.0 cm³/mol. The fourth-order valence-electron chi connectivity index (χ4n) is 0.945. The molecule has 0 bridgehead atoms. The highest BCUT2D eigenvalue weighted by Crippen LogP contribution is 2.36. The van der Waals surface area contributed by atoms with E-state index in [1.807, 2.05) is 0 Å². The summed E-state index contributed by atoms with van der Waals surface area (Å²) in [5, 5.41) is -0.360. The van der Waals surface area contributed by atoms with Crippen LogP contribution in [0.25, 0.3) is 0 Å². The first-order valence-corrected chi connectivity index (χ1v) is 4.57. The molecule has 0 spiro atoms. The first-order chi connectivity index (χ1) is 6.41. The number of benzene rings is 1. The Morgan fingerprint density at radius 2 is 1.86 bits per heavy atom. The maximum Gasteiger partial charge on any atom is 0.417 e. The smallest absolute Gasteiger partial charge is 0.287 e. The molecule has 0 unspecified atom stereocenters. The van der Waals surface area contributed by atoms with Crippen LogP contribution in [0.3, 0.4) is 0 Å². The maximum atomic E-state index is 12.4. The van der Waals surface area contributed by atoms with Crippen molar-refractivity contribution in [2.24, 2.45) is 0 Å². The predicted octanol–water partition coefficient (Wildman–Crippen LogP) is 3.34. The zero-order valence-corrected chi connectivity index (χ0v) is 8.08. The number of alkyl halides is 3. The second-order valence-electron chi connectivity index (χ2n) is 2.59. The lowest BCUT2D eigenvalue weighted by Gasteiger charge is -2.10. The van der Waals surface area contributed by atoms with E-state index in [4.69, 9.17) is 0 Å². The average Bonchev–Trinajstić information content (AvgIpc) is 2.01. The number of hydrogen-bond acceptors (Lipinski definition) is 2. The van der Waals surface area contributed by atoms with Gasteiger partial charge >= 0.3 is 6.18 Å². The van der Waals surface area contributed by atoms with Crippen molar-refractivity contribution in [2.75, 3.05) is 0 Å². The molecular weight excluding hydrogens is 213 g/mol. The van der Waals surface area contributed by atoms with Gasteiger partial charge in [0.15, 0.2) is 5.12 Å². The molecule has 1 aromatic carbocycles. The maximum absolute atomic E-state index is 12.4. The Morgan fingerprint density at radius 1 is 1.29 bits per heavy atom. The highest BCUT2D eigenvalue weighted by atomic mass is 32.2. The first-order valence-electron chi connectivity index (χ1n) is 3.76. The molecule has 0 atom stereocenters. The van der Waals surface area contributed by atoms with E-state index in [2.05, 4.69) is 0 Å². The molecule has 0 aliphatic heterocycles. The lowest BCUT2D eigenvalue weighted by atomic mass is 10.2. The number of rotatable bonds is 1. The Kier molecular flexibility index (Phi) is 3.21. The van der Waals surface area contributed by atoms with Gasteiger partial charge in [-0.3, -0.25) is 4.79 Å². The zero-order chi connectivity index (χ0) is 10.8.